The lowest BCUT2D eigenvalue weighted by molar-refractivity contribution is 0.0455. The molecule has 0 spiro atoms. The molecule has 3 unspecified atom stereocenters. The molecule has 1 aromatic heterocycles. The second kappa shape index (κ2) is 6.00. The fraction of sp³-hybridized carbons (Fsp3) is 0.600. The molecule has 5 heteroatoms. The van der Waals surface area contributed by atoms with Gasteiger partial charge in [-0.1, -0.05) is 25.4 Å². The standard InChI is InChI=1S/C15H22ClN3O/c1-9-5-10(2)11(3)19(8-9)15(20)12-6-13(16)14(17-4)18-7-12/h6-7,9-11H,5,8H2,1-4H3,(H,17,18). The monoisotopic (exact) mass is 295 g/mol. The van der Waals surface area contributed by atoms with Crippen LogP contribution in [-0.2, 0) is 0 Å². The van der Waals surface area contributed by atoms with E-state index in [1.165, 1.54) is 6.42 Å². The lowest BCUT2D eigenvalue weighted by atomic mass is 9.85. The van der Waals surface area contributed by atoms with Gasteiger partial charge in [0.25, 0.3) is 5.91 Å². The number of aromatic nitrogens is 1. The predicted octanol–water partition coefficient (Wildman–Crippen LogP) is 3.28. The van der Waals surface area contributed by atoms with Gasteiger partial charge in [0.15, 0.2) is 0 Å². The van der Waals surface area contributed by atoms with Crippen LogP contribution in [0.4, 0.5) is 5.82 Å². The Balaban J connectivity index is 2.24. The van der Waals surface area contributed by atoms with E-state index in [1.54, 1.807) is 19.3 Å². The van der Waals surface area contributed by atoms with Gasteiger partial charge in [0.1, 0.15) is 5.82 Å². The summed E-state index contributed by atoms with van der Waals surface area (Å²) in [5.41, 5.74) is 0.558. The van der Waals surface area contributed by atoms with Crippen LogP contribution in [0.1, 0.15) is 37.6 Å². The maximum absolute atomic E-state index is 12.7. The molecule has 2 rings (SSSR count). The highest BCUT2D eigenvalue weighted by molar-refractivity contribution is 6.33. The van der Waals surface area contributed by atoms with Crippen molar-refractivity contribution in [3.05, 3.63) is 22.8 Å². The summed E-state index contributed by atoms with van der Waals surface area (Å²) in [6.07, 6.45) is 2.76. The minimum absolute atomic E-state index is 0.0213. The first kappa shape index (κ1) is 15.1. The summed E-state index contributed by atoms with van der Waals surface area (Å²) in [5.74, 6) is 1.66. The predicted molar refractivity (Wildman–Crippen MR) is 82.2 cm³/mol. The minimum atomic E-state index is 0.0213. The van der Waals surface area contributed by atoms with Crippen molar-refractivity contribution in [1.29, 1.82) is 0 Å². The van der Waals surface area contributed by atoms with E-state index in [0.717, 1.165) is 6.54 Å². The molecule has 2 heterocycles. The molecule has 0 aromatic carbocycles. The first-order chi connectivity index (χ1) is 9.43. The first-order valence-electron chi connectivity index (χ1n) is 7.08. The number of anilines is 1. The number of halogens is 1. The van der Waals surface area contributed by atoms with Gasteiger partial charge in [-0.15, -0.1) is 0 Å². The zero-order valence-corrected chi connectivity index (χ0v) is 13.2. The van der Waals surface area contributed by atoms with Crippen LogP contribution in [0.2, 0.25) is 5.02 Å². The molecule has 1 saturated heterocycles. The van der Waals surface area contributed by atoms with E-state index in [0.29, 0.717) is 28.2 Å². The van der Waals surface area contributed by atoms with Crippen molar-refractivity contribution in [2.45, 2.75) is 33.2 Å². The first-order valence-corrected chi connectivity index (χ1v) is 7.46. The highest BCUT2D eigenvalue weighted by Crippen LogP contribution is 2.29. The van der Waals surface area contributed by atoms with E-state index in [2.05, 4.69) is 31.1 Å². The van der Waals surface area contributed by atoms with E-state index in [-0.39, 0.29) is 11.9 Å². The number of amides is 1. The van der Waals surface area contributed by atoms with Crippen molar-refractivity contribution in [2.24, 2.45) is 11.8 Å². The quantitative estimate of drug-likeness (QED) is 0.910. The number of rotatable bonds is 2. The average molecular weight is 296 g/mol. The Kier molecular flexibility index (Phi) is 4.53. The Morgan fingerprint density at radius 2 is 2.15 bits per heavy atom. The molecule has 1 aromatic rings. The second-order valence-corrected chi connectivity index (χ2v) is 6.23. The van der Waals surface area contributed by atoms with Gasteiger partial charge >= 0.3 is 0 Å². The summed E-state index contributed by atoms with van der Waals surface area (Å²) < 4.78 is 0. The number of nitrogens with zero attached hydrogens (tertiary/aromatic N) is 2. The SMILES string of the molecule is CNc1ncc(C(=O)N2CC(C)CC(C)C2C)cc1Cl. The minimum Gasteiger partial charge on any atom is -0.372 e. The van der Waals surface area contributed by atoms with Crippen molar-refractivity contribution in [3.8, 4) is 0 Å². The van der Waals surface area contributed by atoms with E-state index in [4.69, 9.17) is 11.6 Å². The summed E-state index contributed by atoms with van der Waals surface area (Å²) in [5, 5.41) is 3.37. The maximum atomic E-state index is 12.7. The van der Waals surface area contributed by atoms with Gasteiger partial charge < -0.3 is 10.2 Å². The van der Waals surface area contributed by atoms with Crippen molar-refractivity contribution in [2.75, 3.05) is 18.9 Å². The van der Waals surface area contributed by atoms with Crippen LogP contribution in [0.15, 0.2) is 12.3 Å². The van der Waals surface area contributed by atoms with Crippen LogP contribution >= 0.6 is 11.6 Å². The van der Waals surface area contributed by atoms with Gasteiger partial charge in [-0.05, 0) is 31.2 Å². The summed E-state index contributed by atoms with van der Waals surface area (Å²) in [6.45, 7) is 7.31. The molecule has 0 aliphatic carbocycles. The third kappa shape index (κ3) is 2.90. The molecular formula is C15H22ClN3O. The molecule has 20 heavy (non-hydrogen) atoms. The number of hydrogen-bond donors (Lipinski definition) is 1. The lowest BCUT2D eigenvalue weighted by Crippen LogP contribution is -2.48. The molecule has 3 atom stereocenters. The summed E-state index contributed by atoms with van der Waals surface area (Å²) in [4.78, 5) is 18.8. The van der Waals surface area contributed by atoms with Gasteiger partial charge in [-0.2, -0.15) is 0 Å². The number of piperidine rings is 1. The highest BCUT2D eigenvalue weighted by Gasteiger charge is 2.32. The normalized spacial score (nSPS) is 26.4. The topological polar surface area (TPSA) is 45.2 Å². The molecule has 1 amide bonds. The lowest BCUT2D eigenvalue weighted by Gasteiger charge is -2.41. The fourth-order valence-corrected chi connectivity index (χ4v) is 3.15. The number of nitrogens with one attached hydrogen (secondary N) is 1. The van der Waals surface area contributed by atoms with E-state index in [9.17, 15) is 4.79 Å². The molecule has 1 aliphatic heterocycles. The van der Waals surface area contributed by atoms with E-state index in [1.807, 2.05) is 4.90 Å². The second-order valence-electron chi connectivity index (χ2n) is 5.82. The van der Waals surface area contributed by atoms with Crippen molar-refractivity contribution < 1.29 is 4.79 Å². The van der Waals surface area contributed by atoms with Gasteiger partial charge in [0, 0.05) is 25.8 Å². The van der Waals surface area contributed by atoms with Crippen LogP contribution in [0.3, 0.4) is 0 Å². The molecule has 110 valence electrons. The average Bonchev–Trinajstić information content (AvgIpc) is 2.42. The van der Waals surface area contributed by atoms with Crippen LogP contribution < -0.4 is 5.32 Å². The third-order valence-corrected chi connectivity index (χ3v) is 4.47. The zero-order valence-electron chi connectivity index (χ0n) is 12.5. The summed E-state index contributed by atoms with van der Waals surface area (Å²) in [6, 6.07) is 1.95. The molecule has 1 aliphatic rings. The summed E-state index contributed by atoms with van der Waals surface area (Å²) in [7, 11) is 1.76. The number of carbonyl (C=O) groups excluding carboxylic acids is 1. The third-order valence-electron chi connectivity index (χ3n) is 4.18. The molecule has 1 N–H and O–H groups in total. The maximum Gasteiger partial charge on any atom is 0.255 e. The Labute approximate surface area is 125 Å². The Hall–Kier alpha value is -1.29. The fourth-order valence-electron chi connectivity index (χ4n) is 2.89. The molecule has 0 saturated carbocycles. The Morgan fingerprint density at radius 3 is 2.75 bits per heavy atom. The van der Waals surface area contributed by atoms with Crippen molar-refractivity contribution >= 4 is 23.3 Å². The summed E-state index contributed by atoms with van der Waals surface area (Å²) >= 11 is 6.11. The van der Waals surface area contributed by atoms with Gasteiger partial charge in [-0.25, -0.2) is 4.98 Å². The largest absolute Gasteiger partial charge is 0.372 e. The Bertz CT molecular complexity index is 506. The molecular weight excluding hydrogens is 274 g/mol. The Morgan fingerprint density at radius 1 is 1.45 bits per heavy atom. The van der Waals surface area contributed by atoms with Crippen LogP contribution in [0.25, 0.3) is 0 Å². The van der Waals surface area contributed by atoms with E-state index < -0.39 is 0 Å². The molecule has 0 bridgehead atoms. The van der Waals surface area contributed by atoms with Crippen LogP contribution in [0, 0.1) is 11.8 Å². The van der Waals surface area contributed by atoms with E-state index >= 15 is 0 Å². The molecule has 1 fully saturated rings. The van der Waals surface area contributed by atoms with Crippen molar-refractivity contribution in [3.63, 3.8) is 0 Å². The van der Waals surface area contributed by atoms with Crippen LogP contribution in [0.5, 0.6) is 0 Å². The molecule has 0 radical (unpaired) electrons. The van der Waals surface area contributed by atoms with Gasteiger partial charge in [-0.3, -0.25) is 4.79 Å². The number of hydrogen-bond acceptors (Lipinski definition) is 3. The number of likely N-dealkylation sites (tertiary alicyclic amines) is 1. The van der Waals surface area contributed by atoms with Crippen molar-refractivity contribution in [1.82, 2.24) is 9.88 Å². The van der Waals surface area contributed by atoms with Gasteiger partial charge in [0.05, 0.1) is 10.6 Å². The number of carbonyl (C=O) groups is 1. The zero-order chi connectivity index (χ0) is 14.9. The number of pyridine rings is 1. The molecule has 4 nitrogen and oxygen atoms in total. The highest BCUT2D eigenvalue weighted by atomic mass is 35.5. The van der Waals surface area contributed by atoms with Crippen LogP contribution in [-0.4, -0.2) is 35.4 Å². The smallest absolute Gasteiger partial charge is 0.255 e. The van der Waals surface area contributed by atoms with Gasteiger partial charge in [0.2, 0.25) is 0 Å².